The van der Waals surface area contributed by atoms with Crippen molar-refractivity contribution in [2.24, 2.45) is 0 Å². The molecule has 0 radical (unpaired) electrons. The van der Waals surface area contributed by atoms with Gasteiger partial charge in [0, 0.05) is 10.9 Å². The molecule has 0 aliphatic rings. The number of hydrogen-bond acceptors (Lipinski definition) is 4. The fourth-order valence-corrected chi connectivity index (χ4v) is 2.50. The third-order valence-electron chi connectivity index (χ3n) is 2.42. The van der Waals surface area contributed by atoms with Crippen molar-refractivity contribution >= 4 is 28.9 Å². The van der Waals surface area contributed by atoms with Crippen molar-refractivity contribution < 1.29 is 19.4 Å². The summed E-state index contributed by atoms with van der Waals surface area (Å²) in [6.45, 7) is 0.269. The first kappa shape index (κ1) is 13.7. The minimum atomic E-state index is -1.04. The van der Waals surface area contributed by atoms with Gasteiger partial charge in [0.15, 0.2) is 0 Å². The summed E-state index contributed by atoms with van der Waals surface area (Å²) >= 11 is 7.21. The van der Waals surface area contributed by atoms with Crippen LogP contribution < -0.4 is 9.47 Å². The molecule has 1 aromatic heterocycles. The van der Waals surface area contributed by atoms with E-state index in [9.17, 15) is 4.79 Å². The van der Waals surface area contributed by atoms with Crippen molar-refractivity contribution in [2.45, 2.75) is 6.61 Å². The Morgan fingerprint density at radius 3 is 2.74 bits per heavy atom. The molecule has 1 aromatic carbocycles. The fourth-order valence-electron chi connectivity index (χ4n) is 1.50. The number of carbonyl (C=O) groups is 1. The van der Waals surface area contributed by atoms with E-state index in [0.717, 1.165) is 4.88 Å². The lowest BCUT2D eigenvalue weighted by molar-refractivity contribution is 0.0692. The molecule has 2 aromatic rings. The Balaban J connectivity index is 2.19. The normalized spacial score (nSPS) is 10.2. The van der Waals surface area contributed by atoms with Gasteiger partial charge in [0.1, 0.15) is 23.7 Å². The summed E-state index contributed by atoms with van der Waals surface area (Å²) in [5, 5.41) is 9.09. The van der Waals surface area contributed by atoms with Gasteiger partial charge in [-0.2, -0.15) is 0 Å². The van der Waals surface area contributed by atoms with Crippen LogP contribution in [0.1, 0.15) is 15.2 Å². The molecule has 0 bridgehead atoms. The standard InChI is InChI=1S/C13H11ClO4S/c1-17-8-2-4-10(13(15)16)11(6-8)18-7-9-3-5-12(14)19-9/h2-6H,7H2,1H3,(H,15,16). The van der Waals surface area contributed by atoms with Gasteiger partial charge in [-0.05, 0) is 24.3 Å². The van der Waals surface area contributed by atoms with E-state index in [0.29, 0.717) is 10.1 Å². The first-order valence-electron chi connectivity index (χ1n) is 5.38. The molecular weight excluding hydrogens is 288 g/mol. The molecule has 0 fully saturated rings. The second-order valence-electron chi connectivity index (χ2n) is 3.66. The van der Waals surface area contributed by atoms with Crippen molar-refractivity contribution in [1.82, 2.24) is 0 Å². The number of aromatic carboxylic acids is 1. The maximum absolute atomic E-state index is 11.1. The molecule has 0 saturated carbocycles. The highest BCUT2D eigenvalue weighted by Crippen LogP contribution is 2.27. The fraction of sp³-hybridized carbons (Fsp3) is 0.154. The van der Waals surface area contributed by atoms with Crippen LogP contribution in [-0.4, -0.2) is 18.2 Å². The molecule has 0 aliphatic heterocycles. The van der Waals surface area contributed by atoms with Gasteiger partial charge in [-0.25, -0.2) is 4.79 Å². The van der Waals surface area contributed by atoms with Gasteiger partial charge < -0.3 is 14.6 Å². The van der Waals surface area contributed by atoms with E-state index in [1.54, 1.807) is 18.2 Å². The number of hydrogen-bond donors (Lipinski definition) is 1. The second kappa shape index (κ2) is 5.95. The number of carboxylic acid groups (broad SMARTS) is 1. The van der Waals surface area contributed by atoms with Crippen molar-refractivity contribution in [3.05, 3.63) is 45.1 Å². The lowest BCUT2D eigenvalue weighted by atomic mass is 10.2. The Kier molecular flexibility index (Phi) is 4.29. The Hall–Kier alpha value is -1.72. The topological polar surface area (TPSA) is 55.8 Å². The lowest BCUT2D eigenvalue weighted by Crippen LogP contribution is -2.03. The number of halogens is 1. The minimum absolute atomic E-state index is 0.100. The molecule has 0 spiro atoms. The molecule has 2 rings (SSSR count). The number of carboxylic acids is 1. The van der Waals surface area contributed by atoms with E-state index in [4.69, 9.17) is 26.2 Å². The molecule has 0 amide bonds. The largest absolute Gasteiger partial charge is 0.497 e. The number of rotatable bonds is 5. The summed E-state index contributed by atoms with van der Waals surface area (Å²) in [6, 6.07) is 8.21. The number of ether oxygens (including phenoxy) is 2. The average Bonchev–Trinajstić information content (AvgIpc) is 2.81. The molecule has 1 heterocycles. The zero-order valence-electron chi connectivity index (χ0n) is 10.1. The second-order valence-corrected chi connectivity index (χ2v) is 5.46. The Morgan fingerprint density at radius 2 is 2.16 bits per heavy atom. The summed E-state index contributed by atoms with van der Waals surface area (Å²) in [7, 11) is 1.51. The maximum Gasteiger partial charge on any atom is 0.339 e. The van der Waals surface area contributed by atoms with Crippen molar-refractivity contribution in [3.8, 4) is 11.5 Å². The van der Waals surface area contributed by atoms with Crippen LogP contribution in [0.5, 0.6) is 11.5 Å². The summed E-state index contributed by atoms with van der Waals surface area (Å²) in [5.41, 5.74) is 0.100. The molecule has 0 atom stereocenters. The Morgan fingerprint density at radius 1 is 1.37 bits per heavy atom. The first-order chi connectivity index (χ1) is 9.10. The van der Waals surface area contributed by atoms with E-state index in [1.165, 1.54) is 24.5 Å². The molecule has 6 heteroatoms. The first-order valence-corrected chi connectivity index (χ1v) is 6.58. The quantitative estimate of drug-likeness (QED) is 0.914. The zero-order valence-corrected chi connectivity index (χ0v) is 11.6. The molecule has 100 valence electrons. The van der Waals surface area contributed by atoms with Crippen LogP contribution in [-0.2, 0) is 6.61 Å². The molecule has 4 nitrogen and oxygen atoms in total. The van der Waals surface area contributed by atoms with Gasteiger partial charge in [0.25, 0.3) is 0 Å². The lowest BCUT2D eigenvalue weighted by Gasteiger charge is -2.09. The Labute approximate surface area is 119 Å². The average molecular weight is 299 g/mol. The van der Waals surface area contributed by atoms with E-state index in [1.807, 2.05) is 6.07 Å². The van der Waals surface area contributed by atoms with Gasteiger partial charge >= 0.3 is 5.97 Å². The smallest absolute Gasteiger partial charge is 0.339 e. The molecule has 0 aliphatic carbocycles. The van der Waals surface area contributed by atoms with E-state index in [2.05, 4.69) is 0 Å². The maximum atomic E-state index is 11.1. The number of benzene rings is 1. The van der Waals surface area contributed by atoms with Crippen LogP contribution in [0.25, 0.3) is 0 Å². The zero-order chi connectivity index (χ0) is 13.8. The van der Waals surface area contributed by atoms with Crippen LogP contribution >= 0.6 is 22.9 Å². The van der Waals surface area contributed by atoms with Gasteiger partial charge in [-0.3, -0.25) is 0 Å². The summed E-state index contributed by atoms with van der Waals surface area (Å²) < 4.78 is 11.3. The summed E-state index contributed by atoms with van der Waals surface area (Å²) in [4.78, 5) is 12.0. The van der Waals surface area contributed by atoms with Crippen LogP contribution in [0.2, 0.25) is 4.34 Å². The predicted molar refractivity (Wildman–Crippen MR) is 73.6 cm³/mol. The van der Waals surface area contributed by atoms with Gasteiger partial charge in [0.05, 0.1) is 11.4 Å². The number of thiophene rings is 1. The monoisotopic (exact) mass is 298 g/mol. The van der Waals surface area contributed by atoms with Crippen molar-refractivity contribution in [3.63, 3.8) is 0 Å². The molecular formula is C13H11ClO4S. The van der Waals surface area contributed by atoms with Crippen molar-refractivity contribution in [2.75, 3.05) is 7.11 Å². The van der Waals surface area contributed by atoms with E-state index in [-0.39, 0.29) is 17.9 Å². The third kappa shape index (κ3) is 3.39. The third-order valence-corrected chi connectivity index (χ3v) is 3.62. The van der Waals surface area contributed by atoms with E-state index >= 15 is 0 Å². The van der Waals surface area contributed by atoms with Crippen LogP contribution in [0.4, 0.5) is 0 Å². The van der Waals surface area contributed by atoms with Crippen LogP contribution in [0, 0.1) is 0 Å². The van der Waals surface area contributed by atoms with Gasteiger partial charge in [-0.1, -0.05) is 11.6 Å². The minimum Gasteiger partial charge on any atom is -0.497 e. The van der Waals surface area contributed by atoms with Crippen LogP contribution in [0.3, 0.4) is 0 Å². The highest BCUT2D eigenvalue weighted by Gasteiger charge is 2.13. The summed E-state index contributed by atoms with van der Waals surface area (Å²) in [6.07, 6.45) is 0. The predicted octanol–water partition coefficient (Wildman–Crippen LogP) is 3.69. The highest BCUT2D eigenvalue weighted by atomic mass is 35.5. The highest BCUT2D eigenvalue weighted by molar-refractivity contribution is 7.16. The Bertz CT molecular complexity index is 594. The number of methoxy groups -OCH3 is 1. The van der Waals surface area contributed by atoms with Gasteiger partial charge in [0.2, 0.25) is 0 Å². The van der Waals surface area contributed by atoms with Crippen molar-refractivity contribution in [1.29, 1.82) is 0 Å². The molecule has 0 unspecified atom stereocenters. The van der Waals surface area contributed by atoms with Crippen LogP contribution in [0.15, 0.2) is 30.3 Å². The van der Waals surface area contributed by atoms with Gasteiger partial charge in [-0.15, -0.1) is 11.3 Å². The summed E-state index contributed by atoms with van der Waals surface area (Å²) in [5.74, 6) is -0.220. The molecule has 1 N–H and O–H groups in total. The SMILES string of the molecule is COc1ccc(C(=O)O)c(OCc2ccc(Cl)s2)c1. The molecule has 0 saturated heterocycles. The van der Waals surface area contributed by atoms with E-state index < -0.39 is 5.97 Å². The molecule has 19 heavy (non-hydrogen) atoms.